The molecule has 27 heteroatoms. The van der Waals surface area contributed by atoms with E-state index in [1.807, 2.05) is 13.8 Å². The largest absolute Gasteiger partial charge is 0.397 e. The third-order valence-electron chi connectivity index (χ3n) is 1.39. The van der Waals surface area contributed by atoms with Crippen molar-refractivity contribution in [3.8, 4) is 0 Å². The zero-order valence-electron chi connectivity index (χ0n) is 57.2. The maximum absolute atomic E-state index is 10.0. The highest BCUT2D eigenvalue weighted by atomic mass is 16.5. The number of hydrogen-bond donors (Lipinski definition) is 24. The number of aliphatic hydroxyl groups is 22. The van der Waals surface area contributed by atoms with Gasteiger partial charge in [-0.05, 0) is 179 Å². The van der Waals surface area contributed by atoms with Gasteiger partial charge in [0.25, 0.3) is 0 Å². The van der Waals surface area contributed by atoms with Gasteiger partial charge in [0.15, 0.2) is 0 Å². The molecule has 0 aliphatic heterocycles. The van der Waals surface area contributed by atoms with Crippen LogP contribution in [0.2, 0.25) is 0 Å². The van der Waals surface area contributed by atoms with Crippen molar-refractivity contribution in [2.75, 3.05) is 178 Å². The minimum Gasteiger partial charge on any atom is -0.397 e. The van der Waals surface area contributed by atoms with Crippen LogP contribution >= 0.6 is 0 Å². The molecular formula is C54H156N2O25. The fourth-order valence-electron chi connectivity index (χ4n) is 0.647. The molecule has 0 radical (unpaired) electrons. The highest BCUT2D eigenvalue weighted by Crippen LogP contribution is 1.78. The molecule has 1 amide bonds. The Kier molecular flexibility index (Phi) is 877. The van der Waals surface area contributed by atoms with Crippen LogP contribution in [0.4, 0.5) is 0 Å². The van der Waals surface area contributed by atoms with Crippen molar-refractivity contribution in [2.24, 2.45) is 11.5 Å². The summed E-state index contributed by atoms with van der Waals surface area (Å²) in [6.07, 6.45) is 1.31. The number of rotatable bonds is 8. The topological polar surface area (TPSA) is 533 Å². The van der Waals surface area contributed by atoms with Crippen LogP contribution in [-0.2, 0) is 14.3 Å². The van der Waals surface area contributed by atoms with Gasteiger partial charge in [0.05, 0.1) is 6.61 Å². The molecule has 0 unspecified atom stereocenters. The lowest BCUT2D eigenvalue weighted by molar-refractivity contribution is -0.119. The van der Waals surface area contributed by atoms with Crippen LogP contribution in [-0.4, -0.2) is 297 Å². The molecule has 0 saturated carbocycles. The summed E-state index contributed by atoms with van der Waals surface area (Å²) in [5.74, 6) is -0.307. The van der Waals surface area contributed by atoms with Crippen LogP contribution in [0.5, 0.6) is 0 Å². The summed E-state index contributed by atoms with van der Waals surface area (Å²) >= 11 is 0. The molecule has 0 bridgehead atoms. The average molecular weight is 1230 g/mol. The van der Waals surface area contributed by atoms with Crippen molar-refractivity contribution in [1.82, 2.24) is 0 Å². The number of primary amides is 1. The van der Waals surface area contributed by atoms with E-state index in [-0.39, 0.29) is 151 Å². The highest BCUT2D eigenvalue weighted by Gasteiger charge is 1.90. The van der Waals surface area contributed by atoms with Crippen molar-refractivity contribution in [1.29, 1.82) is 0 Å². The van der Waals surface area contributed by atoms with Crippen molar-refractivity contribution in [3.05, 3.63) is 0 Å². The van der Waals surface area contributed by atoms with Gasteiger partial charge in [-0.15, -0.1) is 0 Å². The van der Waals surface area contributed by atoms with Gasteiger partial charge in [0.1, 0.15) is 0 Å². The van der Waals surface area contributed by atoms with Gasteiger partial charge in [0, 0.05) is 172 Å². The minimum absolute atomic E-state index is 0.250. The lowest BCUT2D eigenvalue weighted by Crippen LogP contribution is -2.13. The minimum atomic E-state index is -0.307. The third kappa shape index (κ3) is 8220. The van der Waals surface area contributed by atoms with Gasteiger partial charge in [-0.2, -0.15) is 0 Å². The number of hydrogen-bond acceptors (Lipinski definition) is 26. The molecule has 27 nitrogen and oxygen atoms in total. The van der Waals surface area contributed by atoms with E-state index < -0.39 is 0 Å². The normalized spacial score (nSPS) is 6.60. The van der Waals surface area contributed by atoms with E-state index in [9.17, 15) is 4.79 Å². The van der Waals surface area contributed by atoms with Gasteiger partial charge in [-0.3, -0.25) is 4.79 Å². The average Bonchev–Trinajstić information content (AvgIpc) is 3.35. The first-order valence-corrected chi connectivity index (χ1v) is 27.8. The molecule has 0 aliphatic carbocycles. The summed E-state index contributed by atoms with van der Waals surface area (Å²) < 4.78 is 9.84. The molecule has 0 spiro atoms. The molecule has 0 aromatic rings. The summed E-state index contributed by atoms with van der Waals surface area (Å²) in [5, 5.41) is 167. The second-order valence-corrected chi connectivity index (χ2v) is 9.71. The Balaban J connectivity index is -0.0000000192. The summed E-state index contributed by atoms with van der Waals surface area (Å²) in [4.78, 5) is 10.0. The van der Waals surface area contributed by atoms with Crippen LogP contribution in [0.15, 0.2) is 0 Å². The number of carbonyl (C=O) groups excluding carboxylic acids is 1. The molecule has 81 heavy (non-hydrogen) atoms. The number of aliphatic hydroxyl groups excluding tert-OH is 22. The standard InChI is InChI=1S/C5H11NO2.C5H13NO.22C2H6O/c1-2-8-4-3-5(6)7;1-2-7-5-3-4-6;22*1-2-3/h2-4H2,1H3,(H2,6,7);2-6H2,1H3;22*3H,2H2,1H3. The Morgan fingerprint density at radius 1 is 0.247 bits per heavy atom. The van der Waals surface area contributed by atoms with Gasteiger partial charge in [-0.25, -0.2) is 0 Å². The Morgan fingerprint density at radius 2 is 0.346 bits per heavy atom. The van der Waals surface area contributed by atoms with E-state index in [2.05, 4.69) is 0 Å². The van der Waals surface area contributed by atoms with E-state index in [0.29, 0.717) is 19.6 Å². The van der Waals surface area contributed by atoms with E-state index in [1.165, 1.54) is 0 Å². The smallest absolute Gasteiger partial charge is 0.219 e. The molecule has 0 aliphatic rings. The number of amides is 1. The van der Waals surface area contributed by atoms with Crippen LogP contribution in [0.25, 0.3) is 0 Å². The second kappa shape index (κ2) is 447. The lowest BCUT2D eigenvalue weighted by Gasteiger charge is -1.94. The predicted octanol–water partition coefficient (Wildman–Crippen LogP) is 0.239. The van der Waals surface area contributed by atoms with Crippen molar-refractivity contribution in [3.63, 3.8) is 0 Å². The van der Waals surface area contributed by atoms with Crippen molar-refractivity contribution in [2.45, 2.75) is 179 Å². The molecule has 0 saturated heterocycles. The van der Waals surface area contributed by atoms with Gasteiger partial charge in [-0.1, -0.05) is 0 Å². The fraction of sp³-hybridized carbons (Fsp3) is 0.981. The first kappa shape index (κ1) is 159. The van der Waals surface area contributed by atoms with E-state index in [1.54, 1.807) is 152 Å². The first-order valence-electron chi connectivity index (χ1n) is 27.8. The summed E-state index contributed by atoms with van der Waals surface area (Å²) in [6, 6.07) is 0. The maximum atomic E-state index is 10.0. The molecule has 0 atom stereocenters. The van der Waals surface area contributed by atoms with E-state index >= 15 is 0 Å². The molecule has 532 valence electrons. The Hall–Kier alpha value is -1.53. The number of carbonyl (C=O) groups is 1. The molecule has 0 heterocycles. The predicted molar refractivity (Wildman–Crippen MR) is 341 cm³/mol. The van der Waals surface area contributed by atoms with E-state index in [0.717, 1.165) is 26.2 Å². The summed E-state index contributed by atoms with van der Waals surface area (Å²) in [5.41, 5.74) is 10.0. The SMILES string of the molecule is CCO.CCO.CCO.CCO.CCO.CCO.CCO.CCO.CCO.CCO.CCO.CCO.CCO.CCO.CCO.CCO.CCO.CCO.CCO.CCO.CCO.CCO.CCOCCC(N)=O.CCOCCCN. The van der Waals surface area contributed by atoms with Crippen LogP contribution < -0.4 is 11.5 Å². The molecular weight excluding hydrogens is 1080 g/mol. The molecule has 0 rings (SSSR count). The second-order valence-electron chi connectivity index (χ2n) is 9.71. The summed E-state index contributed by atoms with van der Waals surface area (Å²) in [6.45, 7) is 49.8. The third-order valence-corrected chi connectivity index (χ3v) is 1.39. The van der Waals surface area contributed by atoms with Gasteiger partial charge < -0.3 is 133 Å². The molecule has 0 aromatic carbocycles. The zero-order chi connectivity index (χ0) is 71.5. The van der Waals surface area contributed by atoms with E-state index in [4.69, 9.17) is 133 Å². The Labute approximate surface area is 500 Å². The molecule has 0 fully saturated rings. The highest BCUT2D eigenvalue weighted by molar-refractivity contribution is 5.73. The lowest BCUT2D eigenvalue weighted by atomic mass is 10.4. The summed E-state index contributed by atoms with van der Waals surface area (Å²) in [7, 11) is 0. The Bertz CT molecular complexity index is 364. The van der Waals surface area contributed by atoms with Gasteiger partial charge >= 0.3 is 0 Å². The molecule has 26 N–H and O–H groups in total. The number of ether oxygens (including phenoxy) is 2. The Morgan fingerprint density at radius 3 is 0.420 bits per heavy atom. The van der Waals surface area contributed by atoms with Crippen LogP contribution in [0, 0.1) is 0 Å². The molecule has 0 aromatic heterocycles. The first-order chi connectivity index (χ1) is 38.3. The quantitative estimate of drug-likeness (QED) is 0.145. The monoisotopic (exact) mass is 1230 g/mol. The number of nitrogens with two attached hydrogens (primary N) is 2. The van der Waals surface area contributed by atoms with Crippen LogP contribution in [0.1, 0.15) is 179 Å². The zero-order valence-corrected chi connectivity index (χ0v) is 57.2. The maximum Gasteiger partial charge on any atom is 0.219 e. The van der Waals surface area contributed by atoms with Crippen LogP contribution in [0.3, 0.4) is 0 Å². The fourth-order valence-corrected chi connectivity index (χ4v) is 0.647. The van der Waals surface area contributed by atoms with Crippen molar-refractivity contribution < 1.29 is 127 Å². The van der Waals surface area contributed by atoms with Crippen molar-refractivity contribution >= 4 is 5.91 Å². The van der Waals surface area contributed by atoms with Gasteiger partial charge in [0.2, 0.25) is 5.91 Å².